The summed E-state index contributed by atoms with van der Waals surface area (Å²) in [6.45, 7) is 2.17. The second-order valence-corrected chi connectivity index (χ2v) is 4.26. The summed E-state index contributed by atoms with van der Waals surface area (Å²) in [5.74, 6) is 5.51. The first kappa shape index (κ1) is 12.3. The lowest BCUT2D eigenvalue weighted by Gasteiger charge is -2.09. The zero-order valence-electron chi connectivity index (χ0n) is 10.4. The fourth-order valence-corrected chi connectivity index (χ4v) is 2.02. The highest BCUT2D eigenvalue weighted by Crippen LogP contribution is 2.26. The van der Waals surface area contributed by atoms with Crippen molar-refractivity contribution in [1.29, 1.82) is 5.26 Å². The third kappa shape index (κ3) is 2.27. The van der Waals surface area contributed by atoms with E-state index in [0.29, 0.717) is 11.3 Å². The number of anilines is 1. The van der Waals surface area contributed by atoms with Gasteiger partial charge in [-0.25, -0.2) is 0 Å². The Hall–Kier alpha value is -2.12. The maximum atomic E-state index is 9.03. The molecule has 0 bridgehead atoms. The Kier molecular flexibility index (Phi) is 3.75. The van der Waals surface area contributed by atoms with Crippen molar-refractivity contribution in [2.75, 3.05) is 5.43 Å². The predicted octanol–water partition coefficient (Wildman–Crippen LogP) is 2.73. The SMILES string of the molecule is CCCCc1ccc2ncc(C#N)c(NN)c2c1. The Morgan fingerprint density at radius 3 is 2.94 bits per heavy atom. The Morgan fingerprint density at radius 2 is 2.28 bits per heavy atom. The van der Waals surface area contributed by atoms with E-state index in [2.05, 4.69) is 35.5 Å². The summed E-state index contributed by atoms with van der Waals surface area (Å²) in [5.41, 5.74) is 5.83. The number of nitriles is 1. The van der Waals surface area contributed by atoms with Crippen molar-refractivity contribution in [3.8, 4) is 6.07 Å². The molecule has 0 saturated carbocycles. The minimum absolute atomic E-state index is 0.470. The van der Waals surface area contributed by atoms with Crippen LogP contribution in [-0.4, -0.2) is 4.98 Å². The summed E-state index contributed by atoms with van der Waals surface area (Å²) in [6.07, 6.45) is 4.90. The molecule has 0 unspecified atom stereocenters. The lowest BCUT2D eigenvalue weighted by molar-refractivity contribution is 0.796. The lowest BCUT2D eigenvalue weighted by Crippen LogP contribution is -2.09. The van der Waals surface area contributed by atoms with E-state index < -0.39 is 0 Å². The van der Waals surface area contributed by atoms with Crippen molar-refractivity contribution in [2.24, 2.45) is 5.84 Å². The van der Waals surface area contributed by atoms with Crippen molar-refractivity contribution in [3.63, 3.8) is 0 Å². The first-order valence-corrected chi connectivity index (χ1v) is 6.08. The third-order valence-corrected chi connectivity index (χ3v) is 3.02. The molecule has 4 heteroatoms. The standard InChI is InChI=1S/C14H16N4/c1-2-3-4-10-5-6-13-12(7-10)14(18-16)11(8-15)9-17-13/h5-7,9H,2-4,16H2,1H3,(H,17,18). The topological polar surface area (TPSA) is 74.7 Å². The summed E-state index contributed by atoms with van der Waals surface area (Å²) in [4.78, 5) is 4.26. The Labute approximate surface area is 106 Å². The molecule has 0 aliphatic carbocycles. The van der Waals surface area contributed by atoms with Crippen LogP contribution in [0.5, 0.6) is 0 Å². The Bertz CT molecular complexity index is 599. The third-order valence-electron chi connectivity index (χ3n) is 3.02. The van der Waals surface area contributed by atoms with Gasteiger partial charge in [0.25, 0.3) is 0 Å². The van der Waals surface area contributed by atoms with Crippen LogP contribution >= 0.6 is 0 Å². The number of aryl methyl sites for hydroxylation is 1. The van der Waals surface area contributed by atoms with E-state index in [1.165, 1.54) is 5.56 Å². The first-order valence-electron chi connectivity index (χ1n) is 6.08. The Balaban J connectivity index is 2.55. The van der Waals surface area contributed by atoms with E-state index in [1.807, 2.05) is 6.07 Å². The van der Waals surface area contributed by atoms with Crippen LogP contribution in [0.4, 0.5) is 5.69 Å². The molecule has 4 nitrogen and oxygen atoms in total. The fourth-order valence-electron chi connectivity index (χ4n) is 2.02. The van der Waals surface area contributed by atoms with Crippen molar-refractivity contribution in [1.82, 2.24) is 4.98 Å². The molecule has 0 saturated heterocycles. The lowest BCUT2D eigenvalue weighted by atomic mass is 10.0. The van der Waals surface area contributed by atoms with E-state index in [0.717, 1.165) is 30.2 Å². The van der Waals surface area contributed by atoms with Crippen LogP contribution in [0.15, 0.2) is 24.4 Å². The number of nitrogens with zero attached hydrogens (tertiary/aromatic N) is 2. The average molecular weight is 240 g/mol. The predicted molar refractivity (Wildman–Crippen MR) is 72.9 cm³/mol. The van der Waals surface area contributed by atoms with Crippen LogP contribution in [0.25, 0.3) is 10.9 Å². The molecular weight excluding hydrogens is 224 g/mol. The number of benzene rings is 1. The van der Waals surface area contributed by atoms with Gasteiger partial charge in [0.15, 0.2) is 0 Å². The molecule has 0 spiro atoms. The molecule has 3 N–H and O–H groups in total. The highest BCUT2D eigenvalue weighted by Gasteiger charge is 2.08. The van der Waals surface area contributed by atoms with Gasteiger partial charge in [-0.1, -0.05) is 19.4 Å². The number of aromatic nitrogens is 1. The van der Waals surface area contributed by atoms with Crippen LogP contribution in [0.3, 0.4) is 0 Å². The average Bonchev–Trinajstić information content (AvgIpc) is 2.43. The van der Waals surface area contributed by atoms with E-state index in [1.54, 1.807) is 6.20 Å². The maximum absolute atomic E-state index is 9.03. The van der Waals surface area contributed by atoms with Gasteiger partial charge in [0.05, 0.1) is 16.8 Å². The van der Waals surface area contributed by atoms with Crippen LogP contribution in [0.2, 0.25) is 0 Å². The highest BCUT2D eigenvalue weighted by molar-refractivity contribution is 5.94. The number of hydrogen-bond donors (Lipinski definition) is 2. The highest BCUT2D eigenvalue weighted by atomic mass is 15.2. The second-order valence-electron chi connectivity index (χ2n) is 4.26. The van der Waals surface area contributed by atoms with Gasteiger partial charge in [-0.05, 0) is 30.5 Å². The van der Waals surface area contributed by atoms with Gasteiger partial charge < -0.3 is 5.43 Å². The number of hydrogen-bond acceptors (Lipinski definition) is 4. The molecule has 92 valence electrons. The molecule has 1 aromatic carbocycles. The number of rotatable bonds is 4. The smallest absolute Gasteiger partial charge is 0.103 e. The summed E-state index contributed by atoms with van der Waals surface area (Å²) in [5, 5.41) is 9.94. The van der Waals surface area contributed by atoms with Gasteiger partial charge >= 0.3 is 0 Å². The number of unbranched alkanes of at least 4 members (excludes halogenated alkanes) is 1. The van der Waals surface area contributed by atoms with Gasteiger partial charge in [0.2, 0.25) is 0 Å². The molecule has 1 aromatic heterocycles. The molecule has 18 heavy (non-hydrogen) atoms. The molecule has 0 aliphatic heterocycles. The van der Waals surface area contributed by atoms with Crippen LogP contribution in [0, 0.1) is 11.3 Å². The van der Waals surface area contributed by atoms with E-state index >= 15 is 0 Å². The number of nitrogens with one attached hydrogen (secondary N) is 1. The quantitative estimate of drug-likeness (QED) is 0.636. The van der Waals surface area contributed by atoms with Crippen molar-refractivity contribution >= 4 is 16.6 Å². The number of nitrogens with two attached hydrogens (primary N) is 1. The summed E-state index contributed by atoms with van der Waals surface area (Å²) in [7, 11) is 0. The molecule has 2 aromatic rings. The summed E-state index contributed by atoms with van der Waals surface area (Å²) >= 11 is 0. The van der Waals surface area contributed by atoms with Crippen molar-refractivity contribution in [3.05, 3.63) is 35.5 Å². The molecular formula is C14H16N4. The van der Waals surface area contributed by atoms with Crippen LogP contribution in [-0.2, 0) is 6.42 Å². The molecule has 1 heterocycles. The normalized spacial score (nSPS) is 10.3. The monoisotopic (exact) mass is 240 g/mol. The first-order chi connectivity index (χ1) is 8.80. The molecule has 2 rings (SSSR count). The van der Waals surface area contributed by atoms with Gasteiger partial charge in [0.1, 0.15) is 6.07 Å². The zero-order chi connectivity index (χ0) is 13.0. The van der Waals surface area contributed by atoms with Gasteiger partial charge in [-0.2, -0.15) is 5.26 Å². The number of pyridine rings is 1. The number of nitrogen functional groups attached to an aromatic ring is 1. The van der Waals surface area contributed by atoms with Gasteiger partial charge in [-0.15, -0.1) is 0 Å². The minimum Gasteiger partial charge on any atom is -0.322 e. The largest absolute Gasteiger partial charge is 0.322 e. The van der Waals surface area contributed by atoms with E-state index in [9.17, 15) is 0 Å². The minimum atomic E-state index is 0.470. The fraction of sp³-hybridized carbons (Fsp3) is 0.286. The molecule has 0 aliphatic rings. The van der Waals surface area contributed by atoms with Gasteiger partial charge in [0, 0.05) is 11.6 Å². The van der Waals surface area contributed by atoms with Crippen molar-refractivity contribution in [2.45, 2.75) is 26.2 Å². The number of fused-ring (bicyclic) bond motifs is 1. The van der Waals surface area contributed by atoms with E-state index in [4.69, 9.17) is 11.1 Å². The molecule has 0 amide bonds. The van der Waals surface area contributed by atoms with Crippen LogP contribution < -0.4 is 11.3 Å². The molecule has 0 radical (unpaired) electrons. The number of hydrazine groups is 1. The zero-order valence-corrected chi connectivity index (χ0v) is 10.4. The van der Waals surface area contributed by atoms with Crippen molar-refractivity contribution < 1.29 is 0 Å². The maximum Gasteiger partial charge on any atom is 0.103 e. The molecule has 0 fully saturated rings. The van der Waals surface area contributed by atoms with Crippen LogP contribution in [0.1, 0.15) is 30.9 Å². The summed E-state index contributed by atoms with van der Waals surface area (Å²) < 4.78 is 0. The van der Waals surface area contributed by atoms with E-state index in [-0.39, 0.29) is 0 Å². The summed E-state index contributed by atoms with van der Waals surface area (Å²) in [6, 6.07) is 8.22. The molecule has 0 atom stereocenters. The second kappa shape index (κ2) is 5.48. The van der Waals surface area contributed by atoms with Gasteiger partial charge in [-0.3, -0.25) is 10.8 Å². The Morgan fingerprint density at radius 1 is 1.44 bits per heavy atom.